The van der Waals surface area contributed by atoms with Gasteiger partial charge < -0.3 is 5.32 Å². The average Bonchev–Trinajstić information content (AvgIpc) is 3.36. The molecule has 1 N–H and O–H groups in total. The first-order chi connectivity index (χ1) is 14.6. The highest BCUT2D eigenvalue weighted by Crippen LogP contribution is 2.37. The van der Waals surface area contributed by atoms with Crippen LogP contribution < -0.4 is 5.32 Å². The maximum atomic E-state index is 12.5. The summed E-state index contributed by atoms with van der Waals surface area (Å²) in [6.45, 7) is 6.41. The molecule has 1 aliphatic rings. The summed E-state index contributed by atoms with van der Waals surface area (Å²) >= 11 is 3.29. The molecular weight excluding hydrogens is 412 g/mol. The molecule has 30 heavy (non-hydrogen) atoms. The van der Waals surface area contributed by atoms with E-state index >= 15 is 0 Å². The number of nitrogens with zero attached hydrogens (tertiary/aromatic N) is 3. The highest BCUT2D eigenvalue weighted by Gasteiger charge is 2.23. The summed E-state index contributed by atoms with van der Waals surface area (Å²) in [5.41, 5.74) is 4.76. The van der Waals surface area contributed by atoms with Gasteiger partial charge in [0, 0.05) is 27.5 Å². The molecular formula is C23H28N4OS2. The maximum Gasteiger partial charge on any atom is 0.234 e. The molecule has 0 atom stereocenters. The third-order valence-electron chi connectivity index (χ3n) is 5.46. The van der Waals surface area contributed by atoms with Gasteiger partial charge in [-0.3, -0.25) is 9.36 Å². The Morgan fingerprint density at radius 1 is 1.20 bits per heavy atom. The van der Waals surface area contributed by atoms with E-state index in [9.17, 15) is 4.79 Å². The Labute approximate surface area is 186 Å². The summed E-state index contributed by atoms with van der Waals surface area (Å²) in [5.74, 6) is 1.21. The zero-order valence-corrected chi connectivity index (χ0v) is 19.4. The van der Waals surface area contributed by atoms with Gasteiger partial charge >= 0.3 is 0 Å². The number of anilines is 1. The standard InChI is InChI=1S/C23H28N4OS2/c1-4-16-9-11-17(12-10-16)24-21(28)14-30-23-26-25-22(27(23)15(2)3)19-13-29-20-8-6-5-7-18(19)20/h9-13,15H,4-8,14H2,1-3H3,(H,24,28). The Balaban J connectivity index is 1.48. The Bertz CT molecular complexity index is 1020. The lowest BCUT2D eigenvalue weighted by atomic mass is 9.95. The second-order valence-electron chi connectivity index (χ2n) is 7.92. The van der Waals surface area contributed by atoms with E-state index in [0.717, 1.165) is 29.5 Å². The molecule has 5 nitrogen and oxygen atoms in total. The first-order valence-electron chi connectivity index (χ1n) is 10.6. The SMILES string of the molecule is CCc1ccc(NC(=O)CSc2nnc(-c3csc4c3CCCC4)n2C(C)C)cc1. The minimum absolute atomic E-state index is 0.0305. The number of aryl methyl sites for hydroxylation is 2. The van der Waals surface area contributed by atoms with Gasteiger partial charge in [0.2, 0.25) is 5.91 Å². The van der Waals surface area contributed by atoms with E-state index < -0.39 is 0 Å². The quantitative estimate of drug-likeness (QED) is 0.475. The molecule has 0 bridgehead atoms. The fourth-order valence-electron chi connectivity index (χ4n) is 3.86. The predicted molar refractivity (Wildman–Crippen MR) is 126 cm³/mol. The van der Waals surface area contributed by atoms with E-state index in [2.05, 4.69) is 46.2 Å². The fourth-order valence-corrected chi connectivity index (χ4v) is 5.85. The van der Waals surface area contributed by atoms with E-state index in [1.165, 1.54) is 52.6 Å². The maximum absolute atomic E-state index is 12.5. The molecule has 1 aliphatic carbocycles. The van der Waals surface area contributed by atoms with Crippen molar-refractivity contribution in [3.05, 3.63) is 45.6 Å². The third-order valence-corrected chi connectivity index (χ3v) is 7.49. The third kappa shape index (κ3) is 4.47. The minimum Gasteiger partial charge on any atom is -0.325 e. The van der Waals surface area contributed by atoms with Crippen LogP contribution in [0.1, 0.15) is 55.7 Å². The highest BCUT2D eigenvalue weighted by molar-refractivity contribution is 7.99. The zero-order valence-electron chi connectivity index (χ0n) is 17.8. The Morgan fingerprint density at radius 2 is 1.97 bits per heavy atom. The predicted octanol–water partition coefficient (Wildman–Crippen LogP) is 5.76. The number of benzene rings is 1. The van der Waals surface area contributed by atoms with E-state index in [-0.39, 0.29) is 11.9 Å². The molecule has 1 aromatic carbocycles. The van der Waals surface area contributed by atoms with Crippen molar-refractivity contribution in [2.75, 3.05) is 11.1 Å². The van der Waals surface area contributed by atoms with Gasteiger partial charge in [-0.05, 0) is 69.2 Å². The van der Waals surface area contributed by atoms with E-state index in [1.807, 2.05) is 35.6 Å². The number of rotatable bonds is 7. The van der Waals surface area contributed by atoms with Crippen molar-refractivity contribution in [1.82, 2.24) is 14.8 Å². The van der Waals surface area contributed by atoms with E-state index in [4.69, 9.17) is 0 Å². The van der Waals surface area contributed by atoms with Crippen molar-refractivity contribution in [3.63, 3.8) is 0 Å². The van der Waals surface area contributed by atoms with Crippen LogP contribution in [0.25, 0.3) is 11.4 Å². The number of carbonyl (C=O) groups is 1. The van der Waals surface area contributed by atoms with Crippen LogP contribution in [-0.4, -0.2) is 26.4 Å². The Morgan fingerprint density at radius 3 is 2.70 bits per heavy atom. The molecule has 4 rings (SSSR count). The Kier molecular flexibility index (Phi) is 6.58. The average molecular weight is 441 g/mol. The topological polar surface area (TPSA) is 59.8 Å². The fraction of sp³-hybridized carbons (Fsp3) is 0.435. The van der Waals surface area contributed by atoms with Crippen LogP contribution >= 0.6 is 23.1 Å². The molecule has 158 valence electrons. The number of thiophene rings is 1. The van der Waals surface area contributed by atoms with E-state index in [0.29, 0.717) is 5.75 Å². The van der Waals surface area contributed by atoms with Crippen LogP contribution in [0.15, 0.2) is 34.8 Å². The lowest BCUT2D eigenvalue weighted by Gasteiger charge is -2.16. The van der Waals surface area contributed by atoms with Gasteiger partial charge in [0.25, 0.3) is 0 Å². The van der Waals surface area contributed by atoms with Crippen LogP contribution in [0.3, 0.4) is 0 Å². The van der Waals surface area contributed by atoms with Crippen LogP contribution in [0.4, 0.5) is 5.69 Å². The van der Waals surface area contributed by atoms with Crippen LogP contribution in [0.5, 0.6) is 0 Å². The number of hydrogen-bond donors (Lipinski definition) is 1. The summed E-state index contributed by atoms with van der Waals surface area (Å²) in [5, 5.41) is 15.0. The molecule has 3 aromatic rings. The molecule has 0 spiro atoms. The van der Waals surface area contributed by atoms with Gasteiger partial charge in [-0.15, -0.1) is 21.5 Å². The summed E-state index contributed by atoms with van der Waals surface area (Å²) in [6.07, 6.45) is 5.82. The highest BCUT2D eigenvalue weighted by atomic mass is 32.2. The monoisotopic (exact) mass is 440 g/mol. The second kappa shape index (κ2) is 9.35. The first-order valence-corrected chi connectivity index (χ1v) is 12.5. The molecule has 2 heterocycles. The zero-order chi connectivity index (χ0) is 21.1. The van der Waals surface area contributed by atoms with Crippen LogP contribution in [0, 0.1) is 0 Å². The van der Waals surface area contributed by atoms with Gasteiger partial charge in [-0.25, -0.2) is 0 Å². The van der Waals surface area contributed by atoms with Crippen molar-refractivity contribution >= 4 is 34.7 Å². The first kappa shape index (κ1) is 21.1. The molecule has 0 saturated heterocycles. The number of nitrogens with one attached hydrogen (secondary N) is 1. The smallest absolute Gasteiger partial charge is 0.234 e. The summed E-state index contributed by atoms with van der Waals surface area (Å²) in [4.78, 5) is 14.0. The van der Waals surface area contributed by atoms with E-state index in [1.54, 1.807) is 0 Å². The van der Waals surface area contributed by atoms with Crippen molar-refractivity contribution in [2.24, 2.45) is 0 Å². The van der Waals surface area contributed by atoms with Crippen LogP contribution in [0.2, 0.25) is 0 Å². The van der Waals surface area contributed by atoms with Gasteiger partial charge in [0.05, 0.1) is 5.75 Å². The molecule has 7 heteroatoms. The number of carbonyl (C=O) groups excluding carboxylic acids is 1. The minimum atomic E-state index is -0.0305. The summed E-state index contributed by atoms with van der Waals surface area (Å²) in [6, 6.07) is 8.23. The number of hydrogen-bond acceptors (Lipinski definition) is 5. The Hall–Kier alpha value is -2.12. The molecule has 0 fully saturated rings. The molecule has 1 amide bonds. The lowest BCUT2D eigenvalue weighted by molar-refractivity contribution is -0.113. The van der Waals surface area contributed by atoms with Crippen molar-refractivity contribution < 1.29 is 4.79 Å². The molecule has 0 radical (unpaired) electrons. The van der Waals surface area contributed by atoms with Crippen molar-refractivity contribution in [1.29, 1.82) is 0 Å². The van der Waals surface area contributed by atoms with Gasteiger partial charge in [0.1, 0.15) is 0 Å². The number of thioether (sulfide) groups is 1. The van der Waals surface area contributed by atoms with Gasteiger partial charge in [0.15, 0.2) is 11.0 Å². The molecule has 0 aliphatic heterocycles. The molecule has 0 saturated carbocycles. The summed E-state index contributed by atoms with van der Waals surface area (Å²) in [7, 11) is 0. The normalized spacial score (nSPS) is 13.5. The second-order valence-corrected chi connectivity index (χ2v) is 9.82. The van der Waals surface area contributed by atoms with Crippen LogP contribution in [-0.2, 0) is 24.1 Å². The van der Waals surface area contributed by atoms with Crippen molar-refractivity contribution in [3.8, 4) is 11.4 Å². The van der Waals surface area contributed by atoms with Gasteiger partial charge in [-0.1, -0.05) is 30.8 Å². The number of fused-ring (bicyclic) bond motifs is 1. The largest absolute Gasteiger partial charge is 0.325 e. The van der Waals surface area contributed by atoms with Crippen molar-refractivity contribution in [2.45, 2.75) is 64.1 Å². The van der Waals surface area contributed by atoms with Gasteiger partial charge in [-0.2, -0.15) is 0 Å². The molecule has 0 unspecified atom stereocenters. The lowest BCUT2D eigenvalue weighted by Crippen LogP contribution is -2.15. The number of amides is 1. The summed E-state index contributed by atoms with van der Waals surface area (Å²) < 4.78 is 2.17. The number of aromatic nitrogens is 3. The molecule has 2 aromatic heterocycles.